The average Bonchev–Trinajstić information content (AvgIpc) is 0.811. The van der Waals surface area contributed by atoms with E-state index >= 15 is 0 Å². The molecule has 32 valence electrons. The zero-order valence-electron chi connectivity index (χ0n) is 3.40. The van der Waals surface area contributed by atoms with E-state index in [2.05, 4.69) is 0 Å². The summed E-state index contributed by atoms with van der Waals surface area (Å²) in [7, 11) is 0. The van der Waals surface area contributed by atoms with Crippen LogP contribution in [-0.4, -0.2) is 43.7 Å². The van der Waals surface area contributed by atoms with Crippen molar-refractivity contribution < 1.29 is 22.3 Å². The summed E-state index contributed by atoms with van der Waals surface area (Å²) in [5, 5.41) is 8.89. The summed E-state index contributed by atoms with van der Waals surface area (Å²) in [4.78, 5) is 8.89. The second kappa shape index (κ2) is 9.39. The van der Waals surface area contributed by atoms with Crippen molar-refractivity contribution in [3.05, 3.63) is 0 Å². The van der Waals surface area contributed by atoms with Crippen molar-refractivity contribution in [3.8, 4) is 0 Å². The Morgan fingerprint density at radius 2 is 1.67 bits per heavy atom. The van der Waals surface area contributed by atoms with Crippen LogP contribution in [0.4, 0.5) is 0 Å². The summed E-state index contributed by atoms with van der Waals surface area (Å²) >= 11 is 0. The van der Waals surface area contributed by atoms with Gasteiger partial charge in [0.25, 0.3) is 0 Å². The van der Waals surface area contributed by atoms with Crippen LogP contribution in [-0.2, 0) is 4.79 Å². The molecule has 0 unspecified atom stereocenters. The summed E-state index contributed by atoms with van der Waals surface area (Å²) in [5.74, 6) is -1.08. The quantitative estimate of drug-likeness (QED) is 0.313. The Labute approximate surface area is 72.3 Å². The summed E-state index contributed by atoms with van der Waals surface area (Å²) in [6.07, 6.45) is 0. The Kier molecular flexibility index (Phi) is 24.6. The van der Waals surface area contributed by atoms with Gasteiger partial charge in [-0.15, -0.1) is 0 Å². The average molecular weight is 135 g/mol. The maximum Gasteiger partial charge on any atom is 2.00 e. The van der Waals surface area contributed by atoms with Gasteiger partial charge in [-0.05, 0) is 6.92 Å². The predicted octanol–water partition coefficient (Wildman–Crippen LogP) is -4.62. The minimum atomic E-state index is -1.08. The maximum atomic E-state index is 8.89. The summed E-state index contributed by atoms with van der Waals surface area (Å²) in [5.41, 5.74) is 0. The maximum absolute atomic E-state index is 8.89. The van der Waals surface area contributed by atoms with Gasteiger partial charge in [-0.1, -0.05) is 0 Å². The van der Waals surface area contributed by atoms with Crippen LogP contribution in [0.2, 0.25) is 0 Å². The van der Waals surface area contributed by atoms with Crippen LogP contribution in [0.5, 0.6) is 0 Å². The van der Waals surface area contributed by atoms with Crippen LogP contribution in [0, 0.1) is 0 Å². The third-order valence-corrected chi connectivity index (χ3v) is 0. The van der Waals surface area contributed by atoms with Gasteiger partial charge in [0.1, 0.15) is 0 Å². The van der Waals surface area contributed by atoms with Crippen molar-refractivity contribution in [2.75, 3.05) is 0 Å². The van der Waals surface area contributed by atoms with E-state index in [4.69, 9.17) is 9.90 Å². The predicted molar refractivity (Wildman–Crippen MR) is 16.4 cm³/mol. The van der Waals surface area contributed by atoms with Crippen molar-refractivity contribution in [1.29, 1.82) is 0 Å². The molecule has 0 aromatic carbocycles. The van der Waals surface area contributed by atoms with Crippen molar-refractivity contribution >= 4 is 43.7 Å². The molecule has 0 aromatic heterocycles. The number of carbonyl (C=O) groups excluding carboxylic acids is 1. The molecule has 0 atom stereocenters. The first-order valence-electron chi connectivity index (χ1n) is 0.908. The van der Waals surface area contributed by atoms with Gasteiger partial charge >= 0.3 is 37.7 Å². The molecule has 0 aliphatic heterocycles. The monoisotopic (exact) mass is 134 g/mol. The van der Waals surface area contributed by atoms with Crippen molar-refractivity contribution in [2.24, 2.45) is 0 Å². The van der Waals surface area contributed by atoms with Gasteiger partial charge in [-0.25, -0.2) is 0 Å². The molecule has 0 radical (unpaired) electrons. The van der Waals surface area contributed by atoms with Gasteiger partial charge in [-0.3, -0.25) is 0 Å². The molecule has 0 saturated heterocycles. The number of carbonyl (C=O) groups is 1. The number of carboxylic acids is 1. The molecule has 6 heavy (non-hydrogen) atoms. The molecule has 0 aliphatic rings. The summed E-state index contributed by atoms with van der Waals surface area (Å²) in [6.45, 7) is 0.972. The van der Waals surface area contributed by atoms with Crippen LogP contribution in [0.25, 0.3) is 0 Å². The topological polar surface area (TPSA) is 40.1 Å². The Bertz CT molecular complexity index is 34.5. The van der Waals surface area contributed by atoms with Gasteiger partial charge in [0.05, 0.1) is 0 Å². The first-order valence-corrected chi connectivity index (χ1v) is 0.908. The number of halogens is 1. The summed E-state index contributed by atoms with van der Waals surface area (Å²) in [6, 6.07) is 0. The molecule has 0 aliphatic carbocycles. The van der Waals surface area contributed by atoms with E-state index in [-0.39, 0.29) is 50.1 Å². The minimum Gasteiger partial charge on any atom is -1.00 e. The second-order valence-corrected chi connectivity index (χ2v) is 0.492. The van der Waals surface area contributed by atoms with Crippen LogP contribution in [0.15, 0.2) is 0 Å². The zero-order chi connectivity index (χ0) is 3.58. The number of hydrogen-bond donors (Lipinski definition) is 0. The molecule has 0 heterocycles. The molecule has 0 fully saturated rings. The minimum absolute atomic E-state index is 0. The van der Waals surface area contributed by atoms with Crippen molar-refractivity contribution in [3.63, 3.8) is 0 Å². The van der Waals surface area contributed by atoms with Crippen LogP contribution < -0.4 is 17.5 Å². The molecule has 0 bridgehead atoms. The van der Waals surface area contributed by atoms with Crippen molar-refractivity contribution in [2.45, 2.75) is 6.92 Å². The smallest absolute Gasteiger partial charge is 1.00 e. The number of carboxylic acid groups (broad SMARTS) is 1. The Morgan fingerprint density at radius 3 is 1.67 bits per heavy atom. The molecule has 0 aromatic rings. The normalized spacial score (nSPS) is 4.17. The molecule has 0 amide bonds. The van der Waals surface area contributed by atoms with E-state index in [1.807, 2.05) is 0 Å². The Hall–Kier alpha value is 1.02. The van der Waals surface area contributed by atoms with Crippen LogP contribution in [0.3, 0.4) is 0 Å². The fraction of sp³-hybridized carbons (Fsp3) is 0.500. The van der Waals surface area contributed by atoms with Gasteiger partial charge < -0.3 is 22.3 Å². The number of aliphatic carboxylic acids is 1. The summed E-state index contributed by atoms with van der Waals surface area (Å²) < 4.78 is 0. The van der Waals surface area contributed by atoms with E-state index in [1.165, 1.54) is 0 Å². The van der Waals surface area contributed by atoms with E-state index in [9.17, 15) is 0 Å². The molecular weight excluding hydrogens is 132 g/mol. The fourth-order valence-electron chi connectivity index (χ4n) is 0. The van der Waals surface area contributed by atoms with Crippen molar-refractivity contribution in [1.82, 2.24) is 0 Å². The number of rotatable bonds is 0. The Morgan fingerprint density at radius 1 is 1.67 bits per heavy atom. The van der Waals surface area contributed by atoms with Gasteiger partial charge in [-0.2, -0.15) is 0 Å². The van der Waals surface area contributed by atoms with Gasteiger partial charge in [0, 0.05) is 5.97 Å². The van der Waals surface area contributed by atoms with E-state index in [0.717, 1.165) is 6.92 Å². The van der Waals surface area contributed by atoms with E-state index in [0.29, 0.717) is 0 Å². The van der Waals surface area contributed by atoms with Crippen LogP contribution >= 0.6 is 0 Å². The van der Waals surface area contributed by atoms with Gasteiger partial charge in [0.2, 0.25) is 0 Å². The standard InChI is InChI=1S/C2H4O2.Ca.ClH/c1-2(3)4;;/h1H3,(H,3,4);;1H/q;+2;/p-2. The second-order valence-electron chi connectivity index (χ2n) is 0.492. The van der Waals surface area contributed by atoms with Gasteiger partial charge in [0.15, 0.2) is 0 Å². The molecule has 2 nitrogen and oxygen atoms in total. The Balaban J connectivity index is -0.0000000450. The zero-order valence-corrected chi connectivity index (χ0v) is 6.37. The van der Waals surface area contributed by atoms with E-state index in [1.54, 1.807) is 0 Å². The van der Waals surface area contributed by atoms with Crippen LogP contribution in [0.1, 0.15) is 6.92 Å². The third kappa shape index (κ3) is 78.0. The third-order valence-electron chi connectivity index (χ3n) is 0. The molecule has 0 rings (SSSR count). The first-order chi connectivity index (χ1) is 1.73. The SMILES string of the molecule is CC(=O)[O-].[Ca+2].[Cl-]. The van der Waals surface area contributed by atoms with E-state index < -0.39 is 5.97 Å². The molecule has 0 N–H and O–H groups in total. The molecule has 0 saturated carbocycles. The number of hydrogen-bond acceptors (Lipinski definition) is 2. The largest absolute Gasteiger partial charge is 2.00 e. The fourth-order valence-corrected chi connectivity index (χ4v) is 0. The molecular formula is C2H3CaClO2. The first kappa shape index (κ1) is 15.7. The molecule has 4 heteroatoms. The molecule has 0 spiro atoms.